The summed E-state index contributed by atoms with van der Waals surface area (Å²) in [6.45, 7) is 16.6. The van der Waals surface area contributed by atoms with Gasteiger partial charge in [0, 0.05) is 17.8 Å². The van der Waals surface area contributed by atoms with Gasteiger partial charge in [0.05, 0.1) is 29.2 Å². The Kier molecular flexibility index (Phi) is 9.36. The quantitative estimate of drug-likeness (QED) is 0.213. The Morgan fingerprint density at radius 3 is 2.58 bits per heavy atom. The molecule has 3 heterocycles. The molecule has 36 heavy (non-hydrogen) atoms. The average molecular weight is 521 g/mol. The Hall–Kier alpha value is -1.80. The van der Waals surface area contributed by atoms with Crippen LogP contribution in [0.2, 0.25) is 0 Å². The number of carbonyl (C=O) groups excluding carboxylic acids is 3. The van der Waals surface area contributed by atoms with Crippen molar-refractivity contribution in [2.45, 2.75) is 87.8 Å². The van der Waals surface area contributed by atoms with E-state index in [0.717, 1.165) is 32.1 Å². The van der Waals surface area contributed by atoms with E-state index in [1.807, 2.05) is 25.7 Å². The largest absolute Gasteiger partial charge is 0.461 e. The van der Waals surface area contributed by atoms with Gasteiger partial charge in [0.1, 0.15) is 12.6 Å². The van der Waals surface area contributed by atoms with Crippen LogP contribution < -0.4 is 0 Å². The molecule has 0 radical (unpaired) electrons. The minimum absolute atomic E-state index is 0.00127. The van der Waals surface area contributed by atoms with Crippen LogP contribution in [0, 0.1) is 17.8 Å². The van der Waals surface area contributed by atoms with Crippen molar-refractivity contribution in [2.24, 2.45) is 17.8 Å². The molecule has 3 saturated heterocycles. The number of esters is 1. The van der Waals surface area contributed by atoms with Crippen LogP contribution in [0.5, 0.6) is 0 Å². The molecule has 0 aliphatic carbocycles. The van der Waals surface area contributed by atoms with Crippen LogP contribution in [0.1, 0.15) is 66.2 Å². The van der Waals surface area contributed by atoms with Gasteiger partial charge in [-0.25, -0.2) is 0 Å². The lowest BCUT2D eigenvalue weighted by Gasteiger charge is -2.41. The number of rotatable bonds is 14. The van der Waals surface area contributed by atoms with E-state index in [1.54, 1.807) is 22.7 Å². The van der Waals surface area contributed by atoms with Crippen molar-refractivity contribution in [1.82, 2.24) is 9.80 Å². The van der Waals surface area contributed by atoms with Crippen LogP contribution in [-0.4, -0.2) is 80.6 Å². The Morgan fingerprint density at radius 2 is 2.00 bits per heavy atom. The topological polar surface area (TPSA) is 87.1 Å². The van der Waals surface area contributed by atoms with Crippen LogP contribution in [0.15, 0.2) is 25.3 Å². The maximum Gasteiger partial charge on any atom is 0.311 e. The summed E-state index contributed by atoms with van der Waals surface area (Å²) < 4.78 is 4.30. The van der Waals surface area contributed by atoms with Crippen molar-refractivity contribution >= 4 is 29.5 Å². The first-order valence-corrected chi connectivity index (χ1v) is 14.3. The van der Waals surface area contributed by atoms with Crippen LogP contribution in [0.25, 0.3) is 0 Å². The summed E-state index contributed by atoms with van der Waals surface area (Å²) in [4.78, 5) is 45.4. The summed E-state index contributed by atoms with van der Waals surface area (Å²) >= 11 is 1.63. The van der Waals surface area contributed by atoms with Gasteiger partial charge in [0.2, 0.25) is 11.8 Å². The minimum Gasteiger partial charge on any atom is -0.461 e. The summed E-state index contributed by atoms with van der Waals surface area (Å²) in [6, 6.07) is -1.22. The fourth-order valence-electron chi connectivity index (χ4n) is 6.58. The molecule has 3 fully saturated rings. The molecule has 3 rings (SSSR count). The lowest BCUT2D eigenvalue weighted by molar-refractivity contribution is -0.155. The second-order valence-corrected chi connectivity index (χ2v) is 12.7. The Morgan fingerprint density at radius 1 is 1.28 bits per heavy atom. The van der Waals surface area contributed by atoms with E-state index in [1.165, 1.54) is 6.08 Å². The van der Waals surface area contributed by atoms with Gasteiger partial charge in [-0.15, -0.1) is 18.3 Å². The summed E-state index contributed by atoms with van der Waals surface area (Å²) in [5.74, 6) is -1.97. The zero-order valence-electron chi connectivity index (χ0n) is 22.4. The normalized spacial score (nSPS) is 32.2. The molecule has 1 spiro atoms. The highest BCUT2D eigenvalue weighted by molar-refractivity contribution is 8.02. The number of ether oxygens (including phenoxy) is 1. The van der Waals surface area contributed by atoms with Gasteiger partial charge in [0.15, 0.2) is 0 Å². The van der Waals surface area contributed by atoms with Crippen molar-refractivity contribution in [2.75, 3.05) is 26.3 Å². The van der Waals surface area contributed by atoms with E-state index in [-0.39, 0.29) is 30.9 Å². The molecule has 3 aliphatic rings. The van der Waals surface area contributed by atoms with Crippen molar-refractivity contribution in [3.63, 3.8) is 0 Å². The molecule has 2 unspecified atom stereocenters. The summed E-state index contributed by atoms with van der Waals surface area (Å²) in [7, 11) is 0. The fraction of sp³-hybridized carbons (Fsp3) is 0.750. The van der Waals surface area contributed by atoms with Gasteiger partial charge in [-0.05, 0) is 32.1 Å². The second-order valence-electron chi connectivity index (χ2n) is 10.8. The van der Waals surface area contributed by atoms with Crippen LogP contribution in [-0.2, 0) is 19.1 Å². The van der Waals surface area contributed by atoms with Gasteiger partial charge >= 0.3 is 5.97 Å². The molecular formula is C28H44N2O5S. The molecule has 8 heteroatoms. The standard InChI is InChI=1S/C28H44N2O5S/c1-7-11-12-16-29(15-8-2)25(33)23-28-14-13-27(6,36-28)22(26(34)35-17-9-3)21(28)24(32)30(23)20(18-31)19(5)10-4/h8-9,19-23,31H,2-3,7,10-18H2,1,4-6H3/t19-,20-,21-,22+,23?,27-,28?/m0/s1. The van der Waals surface area contributed by atoms with E-state index in [0.29, 0.717) is 19.5 Å². The third-order valence-electron chi connectivity index (χ3n) is 8.58. The zero-order valence-corrected chi connectivity index (χ0v) is 23.2. The summed E-state index contributed by atoms with van der Waals surface area (Å²) in [5, 5.41) is 10.4. The van der Waals surface area contributed by atoms with E-state index >= 15 is 0 Å². The molecule has 2 amide bonds. The van der Waals surface area contributed by atoms with E-state index in [4.69, 9.17) is 4.74 Å². The molecular weight excluding hydrogens is 476 g/mol. The number of thioether (sulfide) groups is 1. The molecule has 1 N–H and O–H groups in total. The molecule has 0 aromatic rings. The maximum atomic E-state index is 14.4. The van der Waals surface area contributed by atoms with Crippen molar-refractivity contribution in [1.29, 1.82) is 0 Å². The van der Waals surface area contributed by atoms with Crippen LogP contribution in [0.3, 0.4) is 0 Å². The lowest BCUT2D eigenvalue weighted by Crippen LogP contribution is -2.58. The summed E-state index contributed by atoms with van der Waals surface area (Å²) in [5.41, 5.74) is 0. The van der Waals surface area contributed by atoms with Gasteiger partial charge in [-0.3, -0.25) is 14.4 Å². The molecule has 0 aromatic carbocycles. The third kappa shape index (κ3) is 4.75. The SMILES string of the molecule is C=CCOC(=O)[C@H]1[C@H]2C(=O)N([C@@H](CO)[C@@H](C)CC)C(C(=O)N(CC=C)CCCCC)C23CC[C@]1(C)S3. The number of aliphatic hydroxyl groups excluding tert-OH is 1. The van der Waals surface area contributed by atoms with Crippen molar-refractivity contribution in [3.05, 3.63) is 25.3 Å². The van der Waals surface area contributed by atoms with Crippen molar-refractivity contribution < 1.29 is 24.2 Å². The van der Waals surface area contributed by atoms with Gasteiger partial charge in [-0.1, -0.05) is 58.8 Å². The number of likely N-dealkylation sites (tertiary alicyclic amines) is 1. The minimum atomic E-state index is -0.730. The van der Waals surface area contributed by atoms with Crippen molar-refractivity contribution in [3.8, 4) is 0 Å². The number of unbranched alkanes of at least 4 members (excludes halogenated alkanes) is 2. The third-order valence-corrected chi connectivity index (χ3v) is 10.6. The van der Waals surface area contributed by atoms with Gasteiger partial charge in [-0.2, -0.15) is 0 Å². The fourth-order valence-corrected chi connectivity index (χ4v) is 8.90. The molecule has 202 valence electrons. The van der Waals surface area contributed by atoms with Gasteiger partial charge < -0.3 is 19.6 Å². The number of aliphatic hydroxyl groups is 1. The monoisotopic (exact) mass is 520 g/mol. The second kappa shape index (κ2) is 11.7. The predicted molar refractivity (Wildman–Crippen MR) is 143 cm³/mol. The Balaban J connectivity index is 2.10. The zero-order chi connectivity index (χ0) is 26.7. The number of fused-ring (bicyclic) bond motifs is 1. The number of nitrogens with zero attached hydrogens (tertiary/aromatic N) is 2. The number of hydrogen-bond acceptors (Lipinski definition) is 6. The van der Waals surface area contributed by atoms with Crippen LogP contribution >= 0.6 is 11.8 Å². The highest BCUT2D eigenvalue weighted by Crippen LogP contribution is 2.72. The first-order valence-electron chi connectivity index (χ1n) is 13.5. The predicted octanol–water partition coefficient (Wildman–Crippen LogP) is 3.81. The first kappa shape index (κ1) is 28.8. The van der Waals surface area contributed by atoms with Crippen LogP contribution in [0.4, 0.5) is 0 Å². The summed E-state index contributed by atoms with van der Waals surface area (Å²) in [6.07, 6.45) is 8.36. The Labute approximate surface area is 220 Å². The lowest BCUT2D eigenvalue weighted by atomic mass is 9.66. The number of amides is 2. The van der Waals surface area contributed by atoms with Gasteiger partial charge in [0.25, 0.3) is 0 Å². The molecule has 2 bridgehead atoms. The average Bonchev–Trinajstić information content (AvgIpc) is 3.43. The first-order chi connectivity index (χ1) is 17.2. The van der Waals surface area contributed by atoms with E-state index in [9.17, 15) is 19.5 Å². The molecule has 7 nitrogen and oxygen atoms in total. The molecule has 7 atom stereocenters. The molecule has 0 aromatic heterocycles. The van der Waals surface area contributed by atoms with E-state index in [2.05, 4.69) is 20.1 Å². The molecule has 0 saturated carbocycles. The molecule has 3 aliphatic heterocycles. The highest BCUT2D eigenvalue weighted by atomic mass is 32.2. The smallest absolute Gasteiger partial charge is 0.311 e. The highest BCUT2D eigenvalue weighted by Gasteiger charge is 2.78. The number of hydrogen-bond donors (Lipinski definition) is 1. The maximum absolute atomic E-state index is 14.4. The number of carbonyl (C=O) groups is 3. The van der Waals surface area contributed by atoms with E-state index < -0.39 is 39.4 Å². The Bertz CT molecular complexity index is 865.